The molecule has 0 amide bonds. The maximum absolute atomic E-state index is 6.12. The Morgan fingerprint density at radius 3 is 1.95 bits per heavy atom. The van der Waals surface area contributed by atoms with Crippen molar-refractivity contribution < 1.29 is 9.47 Å². The van der Waals surface area contributed by atoms with Gasteiger partial charge in [0.1, 0.15) is 5.75 Å². The van der Waals surface area contributed by atoms with E-state index in [0.717, 1.165) is 24.3 Å². The number of anilines is 2. The Morgan fingerprint density at radius 2 is 1.35 bits per heavy atom. The fraction of sp³-hybridized carbons (Fsp3) is 0.273. The number of hydrogen-bond donors (Lipinski definition) is 0. The van der Waals surface area contributed by atoms with E-state index < -0.39 is 0 Å². The van der Waals surface area contributed by atoms with Gasteiger partial charge in [-0.05, 0) is 66.5 Å². The summed E-state index contributed by atoms with van der Waals surface area (Å²) in [6.45, 7) is 10.1. The molecule has 0 aliphatic heterocycles. The number of hydrogen-bond acceptors (Lipinski definition) is 3. The van der Waals surface area contributed by atoms with E-state index >= 15 is 0 Å². The number of methoxy groups -OCH3 is 1. The fourth-order valence-corrected chi connectivity index (χ4v) is 6.44. The van der Waals surface area contributed by atoms with Gasteiger partial charge in [0.2, 0.25) is 0 Å². The van der Waals surface area contributed by atoms with Gasteiger partial charge in [-0.25, -0.2) is 0 Å². The molecule has 0 aliphatic carbocycles. The van der Waals surface area contributed by atoms with Crippen molar-refractivity contribution in [1.82, 2.24) is 0 Å². The summed E-state index contributed by atoms with van der Waals surface area (Å²) >= 11 is 0. The number of benzene rings is 4. The van der Waals surface area contributed by atoms with Gasteiger partial charge in [-0.3, -0.25) is 0 Å². The highest BCUT2D eigenvalue weighted by atomic mass is 31.1. The van der Waals surface area contributed by atoms with E-state index in [0.29, 0.717) is 8.58 Å². The van der Waals surface area contributed by atoms with Crippen molar-refractivity contribution in [2.45, 2.75) is 45.8 Å². The van der Waals surface area contributed by atoms with Gasteiger partial charge >= 0.3 is 0 Å². The molecule has 0 fully saturated rings. The SMILES string of the molecule is CCC(C)(Pc1c(C)cccc1CN(c1ccccc1)c1ccccc1)c1cccc(C)c1OCOC. The molecular formula is C33H38NO2P. The molecule has 3 nitrogen and oxygen atoms in total. The molecule has 0 N–H and O–H groups in total. The second kappa shape index (κ2) is 12.4. The van der Waals surface area contributed by atoms with Crippen LogP contribution < -0.4 is 14.9 Å². The number of rotatable bonds is 11. The van der Waals surface area contributed by atoms with Crippen LogP contribution in [0.3, 0.4) is 0 Å². The highest BCUT2D eigenvalue weighted by molar-refractivity contribution is 7.48. The van der Waals surface area contributed by atoms with E-state index in [4.69, 9.17) is 9.47 Å². The molecular weight excluding hydrogens is 473 g/mol. The third kappa shape index (κ3) is 6.24. The van der Waals surface area contributed by atoms with Crippen LogP contribution >= 0.6 is 8.58 Å². The lowest BCUT2D eigenvalue weighted by atomic mass is 9.94. The van der Waals surface area contributed by atoms with Crippen molar-refractivity contribution in [3.63, 3.8) is 0 Å². The van der Waals surface area contributed by atoms with Crippen molar-refractivity contribution in [1.29, 1.82) is 0 Å². The van der Waals surface area contributed by atoms with Gasteiger partial charge in [0.25, 0.3) is 0 Å². The predicted molar refractivity (Wildman–Crippen MR) is 159 cm³/mol. The zero-order valence-electron chi connectivity index (χ0n) is 22.6. The third-order valence-corrected chi connectivity index (χ3v) is 9.20. The number of nitrogens with zero attached hydrogens (tertiary/aromatic N) is 1. The smallest absolute Gasteiger partial charge is 0.188 e. The molecule has 0 aromatic heterocycles. The monoisotopic (exact) mass is 511 g/mol. The van der Waals surface area contributed by atoms with Crippen LogP contribution in [0.5, 0.6) is 5.75 Å². The van der Waals surface area contributed by atoms with Crippen molar-refractivity contribution in [2.24, 2.45) is 0 Å². The van der Waals surface area contributed by atoms with E-state index in [1.54, 1.807) is 7.11 Å². The first-order chi connectivity index (χ1) is 18.0. The summed E-state index contributed by atoms with van der Waals surface area (Å²) < 4.78 is 11.4. The summed E-state index contributed by atoms with van der Waals surface area (Å²) in [6, 6.07) is 34.6. The van der Waals surface area contributed by atoms with Crippen molar-refractivity contribution in [3.8, 4) is 5.75 Å². The van der Waals surface area contributed by atoms with E-state index in [9.17, 15) is 0 Å². The molecule has 0 heterocycles. The minimum Gasteiger partial charge on any atom is -0.467 e. The van der Waals surface area contributed by atoms with Crippen molar-refractivity contribution >= 4 is 25.3 Å². The Labute approximate surface area is 224 Å². The van der Waals surface area contributed by atoms with Crippen LogP contribution in [-0.4, -0.2) is 13.9 Å². The normalized spacial score (nSPS) is 13.0. The molecule has 0 bridgehead atoms. The van der Waals surface area contributed by atoms with Gasteiger partial charge in [-0.2, -0.15) is 0 Å². The van der Waals surface area contributed by atoms with Gasteiger partial charge in [0.05, 0.1) is 0 Å². The first kappa shape index (κ1) is 26.9. The maximum Gasteiger partial charge on any atom is 0.188 e. The molecule has 0 saturated carbocycles. The van der Waals surface area contributed by atoms with Crippen LogP contribution in [0.25, 0.3) is 0 Å². The Morgan fingerprint density at radius 1 is 0.757 bits per heavy atom. The van der Waals surface area contributed by atoms with Crippen molar-refractivity contribution in [2.75, 3.05) is 18.8 Å². The fourth-order valence-electron chi connectivity index (χ4n) is 4.78. The van der Waals surface area contributed by atoms with E-state index in [1.165, 1.54) is 33.4 Å². The van der Waals surface area contributed by atoms with Crippen LogP contribution in [0.4, 0.5) is 11.4 Å². The van der Waals surface area contributed by atoms with E-state index in [1.807, 2.05) is 0 Å². The zero-order valence-corrected chi connectivity index (χ0v) is 23.6. The number of aryl methyl sites for hydroxylation is 2. The minimum absolute atomic E-state index is 0.0692. The number of para-hydroxylation sites is 3. The number of ether oxygens (including phenoxy) is 2. The summed E-state index contributed by atoms with van der Waals surface area (Å²) in [7, 11) is 2.26. The quantitative estimate of drug-likeness (QED) is 0.149. The van der Waals surface area contributed by atoms with Crippen LogP contribution in [0.1, 0.15) is 42.5 Å². The average Bonchev–Trinajstić information content (AvgIpc) is 2.93. The largest absolute Gasteiger partial charge is 0.467 e. The summed E-state index contributed by atoms with van der Waals surface area (Å²) in [5, 5.41) is 1.36. The topological polar surface area (TPSA) is 21.7 Å². The zero-order chi connectivity index (χ0) is 26.3. The maximum atomic E-state index is 6.12. The van der Waals surface area contributed by atoms with Crippen LogP contribution in [0.2, 0.25) is 0 Å². The van der Waals surface area contributed by atoms with Crippen LogP contribution in [0.15, 0.2) is 97.1 Å². The second-order valence-electron chi connectivity index (χ2n) is 9.68. The molecule has 4 rings (SSSR count). The second-order valence-corrected chi connectivity index (χ2v) is 11.5. The molecule has 0 aliphatic rings. The predicted octanol–water partition coefficient (Wildman–Crippen LogP) is 8.25. The Bertz CT molecular complexity index is 1250. The molecule has 4 aromatic carbocycles. The van der Waals surface area contributed by atoms with Gasteiger partial charge in [-0.15, -0.1) is 0 Å². The lowest BCUT2D eigenvalue weighted by Crippen LogP contribution is -2.25. The molecule has 0 spiro atoms. The summed E-state index contributed by atoms with van der Waals surface area (Å²) in [5.41, 5.74) is 7.47. The van der Waals surface area contributed by atoms with E-state index in [2.05, 4.69) is 130 Å². The lowest BCUT2D eigenvalue weighted by molar-refractivity contribution is 0.0495. The van der Waals surface area contributed by atoms with Crippen molar-refractivity contribution in [3.05, 3.63) is 119 Å². The summed E-state index contributed by atoms with van der Waals surface area (Å²) in [5.74, 6) is 0.950. The molecule has 4 heteroatoms. The van der Waals surface area contributed by atoms with Gasteiger partial charge in [-0.1, -0.05) is 95.2 Å². The third-order valence-electron chi connectivity index (χ3n) is 7.06. The Kier molecular flexibility index (Phi) is 9.03. The lowest BCUT2D eigenvalue weighted by Gasteiger charge is -2.34. The molecule has 192 valence electrons. The van der Waals surface area contributed by atoms with Crippen LogP contribution in [-0.2, 0) is 16.4 Å². The molecule has 2 atom stereocenters. The van der Waals surface area contributed by atoms with Gasteiger partial charge in [0, 0.05) is 35.7 Å². The Balaban J connectivity index is 1.75. The van der Waals surface area contributed by atoms with E-state index in [-0.39, 0.29) is 11.9 Å². The highest BCUT2D eigenvalue weighted by Crippen LogP contribution is 2.49. The van der Waals surface area contributed by atoms with Gasteiger partial charge < -0.3 is 14.4 Å². The minimum atomic E-state index is -0.0692. The standard InChI is InChI=1S/C33H38NO2P/c1-6-33(4,30-22-14-15-25(2)31(30)36-24-35-5)37-32-26(3)16-13-17-27(32)23-34(28-18-9-7-10-19-28)29-20-11-8-12-21-29/h7-22,37H,6,23-24H2,1-5H3. The summed E-state index contributed by atoms with van der Waals surface area (Å²) in [4.78, 5) is 2.41. The molecule has 2 unspecified atom stereocenters. The molecule has 0 saturated heterocycles. The first-order valence-corrected chi connectivity index (χ1v) is 13.9. The Hall–Kier alpha value is -3.13. The average molecular weight is 512 g/mol. The molecule has 4 aromatic rings. The molecule has 37 heavy (non-hydrogen) atoms. The summed E-state index contributed by atoms with van der Waals surface area (Å²) in [6.07, 6.45) is 1.01. The highest BCUT2D eigenvalue weighted by Gasteiger charge is 2.31. The van der Waals surface area contributed by atoms with Crippen LogP contribution in [0, 0.1) is 13.8 Å². The molecule has 0 radical (unpaired) electrons. The van der Waals surface area contributed by atoms with Gasteiger partial charge in [0.15, 0.2) is 6.79 Å². The first-order valence-electron chi connectivity index (χ1n) is 12.9.